The molecule has 4 nitrogen and oxygen atoms in total. The van der Waals surface area contributed by atoms with Crippen LogP contribution in [0.2, 0.25) is 0 Å². The van der Waals surface area contributed by atoms with E-state index in [0.717, 1.165) is 5.56 Å². The second-order valence-corrected chi connectivity index (χ2v) is 4.36. The van der Waals surface area contributed by atoms with Gasteiger partial charge in [-0.1, -0.05) is 36.4 Å². The Morgan fingerprint density at radius 1 is 1.05 bits per heavy atom. The lowest BCUT2D eigenvalue weighted by Gasteiger charge is -2.06. The van der Waals surface area contributed by atoms with Crippen LogP contribution in [0.25, 0.3) is 10.8 Å². The van der Waals surface area contributed by atoms with Crippen molar-refractivity contribution in [3.63, 3.8) is 0 Å². The van der Waals surface area contributed by atoms with Crippen LogP contribution < -0.4 is 5.56 Å². The molecule has 19 heavy (non-hydrogen) atoms. The van der Waals surface area contributed by atoms with E-state index in [0.29, 0.717) is 22.9 Å². The summed E-state index contributed by atoms with van der Waals surface area (Å²) in [5, 5.41) is 17.5. The number of phenolic OH excluding ortho intramolecular Hbond substituents is 1. The zero-order chi connectivity index (χ0) is 13.2. The molecule has 0 aliphatic rings. The van der Waals surface area contributed by atoms with Gasteiger partial charge in [-0.15, -0.1) is 0 Å². The van der Waals surface area contributed by atoms with Crippen molar-refractivity contribution in [2.45, 2.75) is 6.42 Å². The van der Waals surface area contributed by atoms with Gasteiger partial charge in [-0.3, -0.25) is 4.79 Å². The van der Waals surface area contributed by atoms with E-state index in [1.807, 2.05) is 30.3 Å². The summed E-state index contributed by atoms with van der Waals surface area (Å²) in [6, 6.07) is 14.7. The van der Waals surface area contributed by atoms with Gasteiger partial charge in [0, 0.05) is 6.42 Å². The van der Waals surface area contributed by atoms with Gasteiger partial charge in [-0.2, -0.15) is 5.10 Å². The molecule has 1 heterocycles. The molecule has 94 valence electrons. The molecule has 4 heteroatoms. The van der Waals surface area contributed by atoms with E-state index in [-0.39, 0.29) is 11.3 Å². The fourth-order valence-corrected chi connectivity index (χ4v) is 2.18. The zero-order valence-corrected chi connectivity index (χ0v) is 10.1. The largest absolute Gasteiger partial charge is 0.507 e. The van der Waals surface area contributed by atoms with E-state index in [1.54, 1.807) is 18.2 Å². The molecule has 0 atom stereocenters. The molecule has 3 aromatic rings. The second-order valence-electron chi connectivity index (χ2n) is 4.36. The van der Waals surface area contributed by atoms with Crippen LogP contribution in [0, 0.1) is 0 Å². The van der Waals surface area contributed by atoms with Crippen molar-refractivity contribution in [2.24, 2.45) is 0 Å². The van der Waals surface area contributed by atoms with E-state index in [4.69, 9.17) is 0 Å². The number of rotatable bonds is 2. The highest BCUT2D eigenvalue weighted by molar-refractivity contribution is 5.89. The number of nitrogens with one attached hydrogen (secondary N) is 1. The Labute approximate surface area is 109 Å². The number of aromatic amines is 1. The minimum atomic E-state index is -0.289. The molecule has 0 saturated carbocycles. The lowest BCUT2D eigenvalue weighted by atomic mass is 10.0. The summed E-state index contributed by atoms with van der Waals surface area (Å²) in [5.41, 5.74) is 1.45. The van der Waals surface area contributed by atoms with Gasteiger partial charge in [-0.25, -0.2) is 5.10 Å². The van der Waals surface area contributed by atoms with E-state index in [9.17, 15) is 9.90 Å². The van der Waals surface area contributed by atoms with Crippen LogP contribution in [0.1, 0.15) is 11.3 Å². The molecule has 0 aliphatic heterocycles. The molecular formula is C15H12N2O2. The Bertz CT molecular complexity index is 779. The summed E-state index contributed by atoms with van der Waals surface area (Å²) in [7, 11) is 0. The van der Waals surface area contributed by atoms with Gasteiger partial charge in [0.25, 0.3) is 5.56 Å². The van der Waals surface area contributed by atoms with Crippen LogP contribution in [0.5, 0.6) is 5.75 Å². The third-order valence-electron chi connectivity index (χ3n) is 3.08. The molecule has 2 N–H and O–H groups in total. The maximum absolute atomic E-state index is 11.7. The van der Waals surface area contributed by atoms with Crippen LogP contribution >= 0.6 is 0 Å². The predicted octanol–water partition coefficient (Wildman–Crippen LogP) is 2.22. The lowest BCUT2D eigenvalue weighted by Crippen LogP contribution is -2.11. The van der Waals surface area contributed by atoms with Crippen LogP contribution in [0.4, 0.5) is 0 Å². The van der Waals surface area contributed by atoms with Crippen molar-refractivity contribution >= 4 is 10.8 Å². The standard InChI is InChI=1S/C15H12N2O2/c18-13-8-4-7-11-14(13)12(16-17-15(11)19)9-10-5-2-1-3-6-10/h1-8,18H,9H2,(H,17,19). The highest BCUT2D eigenvalue weighted by Gasteiger charge is 2.10. The minimum Gasteiger partial charge on any atom is -0.507 e. The molecule has 0 bridgehead atoms. The Morgan fingerprint density at radius 2 is 1.84 bits per heavy atom. The van der Waals surface area contributed by atoms with Crippen molar-refractivity contribution in [1.29, 1.82) is 0 Å². The maximum atomic E-state index is 11.7. The smallest absolute Gasteiger partial charge is 0.272 e. The quantitative estimate of drug-likeness (QED) is 0.735. The van der Waals surface area contributed by atoms with Gasteiger partial charge in [-0.05, 0) is 17.7 Å². The number of phenols is 1. The molecule has 3 rings (SSSR count). The average molecular weight is 252 g/mol. The number of fused-ring (bicyclic) bond motifs is 1. The number of hydrogen-bond donors (Lipinski definition) is 2. The molecule has 0 unspecified atom stereocenters. The maximum Gasteiger partial charge on any atom is 0.272 e. The molecule has 2 aromatic carbocycles. The Kier molecular flexibility index (Phi) is 2.76. The van der Waals surface area contributed by atoms with Crippen molar-refractivity contribution in [2.75, 3.05) is 0 Å². The zero-order valence-electron chi connectivity index (χ0n) is 10.1. The molecular weight excluding hydrogens is 240 g/mol. The van der Waals surface area contributed by atoms with Gasteiger partial charge >= 0.3 is 0 Å². The monoisotopic (exact) mass is 252 g/mol. The Hall–Kier alpha value is -2.62. The first-order valence-electron chi connectivity index (χ1n) is 5.99. The number of nitrogens with zero attached hydrogens (tertiary/aromatic N) is 1. The highest BCUT2D eigenvalue weighted by atomic mass is 16.3. The summed E-state index contributed by atoms with van der Waals surface area (Å²) in [4.78, 5) is 11.7. The average Bonchev–Trinajstić information content (AvgIpc) is 2.43. The van der Waals surface area contributed by atoms with Crippen molar-refractivity contribution in [1.82, 2.24) is 10.2 Å². The van der Waals surface area contributed by atoms with Gasteiger partial charge in [0.1, 0.15) is 5.75 Å². The highest BCUT2D eigenvalue weighted by Crippen LogP contribution is 2.25. The topological polar surface area (TPSA) is 66.0 Å². The van der Waals surface area contributed by atoms with E-state index < -0.39 is 0 Å². The number of aromatic nitrogens is 2. The van der Waals surface area contributed by atoms with Gasteiger partial charge < -0.3 is 5.11 Å². The van der Waals surface area contributed by atoms with Crippen molar-refractivity contribution in [3.05, 3.63) is 70.1 Å². The van der Waals surface area contributed by atoms with E-state index in [2.05, 4.69) is 10.2 Å². The summed E-state index contributed by atoms with van der Waals surface area (Å²) in [6.07, 6.45) is 0.561. The second kappa shape index (κ2) is 4.57. The molecule has 0 amide bonds. The molecule has 0 spiro atoms. The molecule has 0 fully saturated rings. The number of aromatic hydroxyl groups is 1. The van der Waals surface area contributed by atoms with Gasteiger partial charge in [0.05, 0.1) is 16.5 Å². The summed E-state index contributed by atoms with van der Waals surface area (Å²) in [5.74, 6) is 0.0852. The first-order chi connectivity index (χ1) is 9.25. The molecule has 0 aliphatic carbocycles. The van der Waals surface area contributed by atoms with Crippen LogP contribution in [0.3, 0.4) is 0 Å². The predicted molar refractivity (Wildman–Crippen MR) is 73.3 cm³/mol. The summed E-state index contributed by atoms with van der Waals surface area (Å²) >= 11 is 0. The van der Waals surface area contributed by atoms with E-state index in [1.165, 1.54) is 0 Å². The number of benzene rings is 2. The van der Waals surface area contributed by atoms with Crippen LogP contribution in [0.15, 0.2) is 53.3 Å². The normalized spacial score (nSPS) is 10.7. The van der Waals surface area contributed by atoms with Crippen LogP contribution in [-0.2, 0) is 6.42 Å². The lowest BCUT2D eigenvalue weighted by molar-refractivity contribution is 0.481. The Morgan fingerprint density at radius 3 is 2.63 bits per heavy atom. The number of hydrogen-bond acceptors (Lipinski definition) is 3. The first kappa shape index (κ1) is 11.5. The van der Waals surface area contributed by atoms with Gasteiger partial charge in [0.2, 0.25) is 0 Å². The fourth-order valence-electron chi connectivity index (χ4n) is 2.18. The Balaban J connectivity index is 2.20. The van der Waals surface area contributed by atoms with Crippen molar-refractivity contribution in [3.8, 4) is 5.75 Å². The third-order valence-corrected chi connectivity index (χ3v) is 3.08. The van der Waals surface area contributed by atoms with Crippen molar-refractivity contribution < 1.29 is 5.11 Å². The molecule has 0 radical (unpaired) electrons. The number of H-pyrrole nitrogens is 1. The fraction of sp³-hybridized carbons (Fsp3) is 0.0667. The molecule has 0 saturated heterocycles. The molecule has 1 aromatic heterocycles. The van der Waals surface area contributed by atoms with Crippen LogP contribution in [-0.4, -0.2) is 15.3 Å². The minimum absolute atomic E-state index is 0.0852. The first-order valence-corrected chi connectivity index (χ1v) is 5.99. The SMILES string of the molecule is O=c1[nH]nc(Cc2ccccc2)c2c(O)cccc12. The van der Waals surface area contributed by atoms with E-state index >= 15 is 0 Å². The summed E-state index contributed by atoms with van der Waals surface area (Å²) < 4.78 is 0. The third kappa shape index (κ3) is 2.08. The summed E-state index contributed by atoms with van der Waals surface area (Å²) in [6.45, 7) is 0. The van der Waals surface area contributed by atoms with Gasteiger partial charge in [0.15, 0.2) is 0 Å².